The number of nitrogens with two attached hydrogens (primary N) is 1. The van der Waals surface area contributed by atoms with E-state index in [9.17, 15) is 17.2 Å². The first-order valence-electron chi connectivity index (χ1n) is 6.93. The molecule has 1 heterocycles. The number of hydrogen-bond donors (Lipinski definition) is 1. The summed E-state index contributed by atoms with van der Waals surface area (Å²) in [5.41, 5.74) is 4.11. The van der Waals surface area contributed by atoms with Crippen molar-refractivity contribution in [1.29, 1.82) is 0 Å². The zero-order valence-corrected chi connectivity index (χ0v) is 13.5. The van der Waals surface area contributed by atoms with E-state index in [0.717, 1.165) is 22.5 Å². The molecule has 1 aromatic carbocycles. The quantitative estimate of drug-likeness (QED) is 0.919. The molecular formula is C14H19F2N3O2S. The summed E-state index contributed by atoms with van der Waals surface area (Å²) in [5, 5.41) is -1.02. The van der Waals surface area contributed by atoms with E-state index in [1.165, 1.54) is 14.0 Å². The van der Waals surface area contributed by atoms with Crippen molar-refractivity contribution in [1.82, 2.24) is 4.31 Å². The van der Waals surface area contributed by atoms with Gasteiger partial charge in [-0.2, -0.15) is 0 Å². The molecule has 0 radical (unpaired) electrons. The fraction of sp³-hybridized carbons (Fsp3) is 0.500. The highest BCUT2D eigenvalue weighted by Crippen LogP contribution is 2.41. The van der Waals surface area contributed by atoms with E-state index < -0.39 is 32.4 Å². The SMILES string of the molecule is CCCC1C(C)(c2cc(F)ccc2F)N=C(N)N(C)S1(=O)=O. The molecule has 122 valence electrons. The Morgan fingerprint density at radius 2 is 2.05 bits per heavy atom. The molecule has 2 unspecified atom stereocenters. The number of guanidine groups is 1. The summed E-state index contributed by atoms with van der Waals surface area (Å²) in [6.45, 7) is 3.29. The molecule has 8 heteroatoms. The Balaban J connectivity index is 2.75. The van der Waals surface area contributed by atoms with Crippen molar-refractivity contribution in [2.24, 2.45) is 10.7 Å². The van der Waals surface area contributed by atoms with Gasteiger partial charge in [-0.05, 0) is 31.5 Å². The number of nitrogens with zero attached hydrogens (tertiary/aromatic N) is 2. The van der Waals surface area contributed by atoms with Crippen LogP contribution in [-0.4, -0.2) is 31.0 Å². The number of rotatable bonds is 3. The third kappa shape index (κ3) is 2.45. The number of aliphatic imine (C=N–C) groups is 1. The largest absolute Gasteiger partial charge is 0.369 e. The molecule has 2 N–H and O–H groups in total. The molecule has 0 fully saturated rings. The first-order chi connectivity index (χ1) is 10.1. The summed E-state index contributed by atoms with van der Waals surface area (Å²) in [6, 6.07) is 2.93. The molecule has 2 atom stereocenters. The van der Waals surface area contributed by atoms with E-state index in [4.69, 9.17) is 5.73 Å². The molecule has 2 rings (SSSR count). The van der Waals surface area contributed by atoms with Crippen LogP contribution < -0.4 is 5.73 Å². The van der Waals surface area contributed by atoms with Crippen LogP contribution in [-0.2, 0) is 15.6 Å². The average molecular weight is 331 g/mol. The summed E-state index contributed by atoms with van der Waals surface area (Å²) in [7, 11) is -2.51. The average Bonchev–Trinajstić information content (AvgIpc) is 2.44. The monoisotopic (exact) mass is 331 g/mol. The highest BCUT2D eigenvalue weighted by Gasteiger charge is 2.50. The topological polar surface area (TPSA) is 75.8 Å². The van der Waals surface area contributed by atoms with Crippen LogP contribution in [0.5, 0.6) is 0 Å². The van der Waals surface area contributed by atoms with Crippen molar-refractivity contribution in [3.63, 3.8) is 0 Å². The molecular weight excluding hydrogens is 312 g/mol. The lowest BCUT2D eigenvalue weighted by atomic mass is 9.86. The van der Waals surface area contributed by atoms with Gasteiger partial charge in [0.1, 0.15) is 22.4 Å². The first kappa shape index (κ1) is 16.7. The van der Waals surface area contributed by atoms with E-state index in [-0.39, 0.29) is 17.9 Å². The molecule has 0 aliphatic carbocycles. The van der Waals surface area contributed by atoms with E-state index in [1.807, 2.05) is 6.92 Å². The van der Waals surface area contributed by atoms with Crippen LogP contribution in [0.25, 0.3) is 0 Å². The van der Waals surface area contributed by atoms with Gasteiger partial charge in [-0.25, -0.2) is 26.5 Å². The highest BCUT2D eigenvalue weighted by atomic mass is 32.2. The molecule has 1 aliphatic rings. The van der Waals surface area contributed by atoms with Gasteiger partial charge in [0.15, 0.2) is 0 Å². The molecule has 1 aromatic rings. The second-order valence-electron chi connectivity index (χ2n) is 5.53. The van der Waals surface area contributed by atoms with Gasteiger partial charge in [-0.15, -0.1) is 0 Å². The molecule has 0 saturated heterocycles. The van der Waals surface area contributed by atoms with Crippen LogP contribution in [0.2, 0.25) is 0 Å². The smallest absolute Gasteiger partial charge is 0.242 e. The lowest BCUT2D eigenvalue weighted by Crippen LogP contribution is -2.56. The van der Waals surface area contributed by atoms with Crippen LogP contribution in [0.1, 0.15) is 32.3 Å². The standard InChI is InChI=1S/C14H19F2N3O2S/c1-4-5-12-14(2,10-8-9(15)6-7-11(10)16)18-13(17)19(3)22(12,20)21/h6-8,12H,4-5H2,1-3H3,(H2,17,18). The maximum atomic E-state index is 14.2. The number of halogens is 2. The summed E-state index contributed by atoms with van der Waals surface area (Å²) >= 11 is 0. The van der Waals surface area contributed by atoms with Gasteiger partial charge in [-0.3, -0.25) is 0 Å². The highest BCUT2D eigenvalue weighted by molar-refractivity contribution is 7.90. The zero-order chi connectivity index (χ0) is 16.7. The van der Waals surface area contributed by atoms with Crippen LogP contribution in [0.3, 0.4) is 0 Å². The van der Waals surface area contributed by atoms with Crippen LogP contribution >= 0.6 is 0 Å². The minimum atomic E-state index is -3.81. The Morgan fingerprint density at radius 3 is 2.64 bits per heavy atom. The third-order valence-corrected chi connectivity index (χ3v) is 6.43. The van der Waals surface area contributed by atoms with Crippen molar-refractivity contribution in [3.8, 4) is 0 Å². The fourth-order valence-electron chi connectivity index (χ4n) is 2.80. The molecule has 5 nitrogen and oxygen atoms in total. The number of benzene rings is 1. The number of hydrogen-bond acceptors (Lipinski definition) is 4. The molecule has 0 amide bonds. The molecule has 0 bridgehead atoms. The van der Waals surface area contributed by atoms with Crippen molar-refractivity contribution < 1.29 is 17.2 Å². The van der Waals surface area contributed by atoms with Crippen LogP contribution in [0.4, 0.5) is 8.78 Å². The lowest BCUT2D eigenvalue weighted by Gasteiger charge is -2.41. The van der Waals surface area contributed by atoms with Crippen LogP contribution in [0, 0.1) is 11.6 Å². The Labute approximate surface area is 128 Å². The molecule has 0 aromatic heterocycles. The Hall–Kier alpha value is -1.70. The fourth-order valence-corrected chi connectivity index (χ4v) is 4.78. The van der Waals surface area contributed by atoms with Gasteiger partial charge >= 0.3 is 0 Å². The van der Waals surface area contributed by atoms with E-state index in [1.54, 1.807) is 0 Å². The Kier molecular flexibility index (Phi) is 4.16. The molecule has 22 heavy (non-hydrogen) atoms. The second-order valence-corrected chi connectivity index (χ2v) is 7.68. The zero-order valence-electron chi connectivity index (χ0n) is 12.7. The normalized spacial score (nSPS) is 27.6. The first-order valence-corrected chi connectivity index (χ1v) is 8.43. The molecule has 1 aliphatic heterocycles. The van der Waals surface area contributed by atoms with Crippen LogP contribution in [0.15, 0.2) is 23.2 Å². The predicted octanol–water partition coefficient (Wildman–Crippen LogP) is 1.94. The van der Waals surface area contributed by atoms with Crippen molar-refractivity contribution in [3.05, 3.63) is 35.4 Å². The minimum Gasteiger partial charge on any atom is -0.369 e. The summed E-state index contributed by atoms with van der Waals surface area (Å²) in [4.78, 5) is 4.20. The maximum absolute atomic E-state index is 14.2. The minimum absolute atomic E-state index is 0.106. The molecule has 0 saturated carbocycles. The van der Waals surface area contributed by atoms with E-state index in [0.29, 0.717) is 6.42 Å². The van der Waals surface area contributed by atoms with Gasteiger partial charge in [-0.1, -0.05) is 13.3 Å². The third-order valence-electron chi connectivity index (χ3n) is 4.06. The van der Waals surface area contributed by atoms with Crippen molar-refractivity contribution in [2.45, 2.75) is 37.5 Å². The number of sulfonamides is 1. The predicted molar refractivity (Wildman–Crippen MR) is 80.7 cm³/mol. The summed E-state index contributed by atoms with van der Waals surface area (Å²) < 4.78 is 53.9. The Bertz CT molecular complexity index is 721. The van der Waals surface area contributed by atoms with Gasteiger partial charge < -0.3 is 5.73 Å². The lowest BCUT2D eigenvalue weighted by molar-refractivity contribution is 0.376. The summed E-state index contributed by atoms with van der Waals surface area (Å²) in [5.74, 6) is -1.60. The van der Waals surface area contributed by atoms with Gasteiger partial charge in [0, 0.05) is 12.6 Å². The van der Waals surface area contributed by atoms with Gasteiger partial charge in [0.05, 0.1) is 0 Å². The van der Waals surface area contributed by atoms with Gasteiger partial charge in [0.2, 0.25) is 16.0 Å². The van der Waals surface area contributed by atoms with Crippen molar-refractivity contribution >= 4 is 16.0 Å². The second kappa shape index (κ2) is 5.49. The van der Waals surface area contributed by atoms with Gasteiger partial charge in [0.25, 0.3) is 0 Å². The summed E-state index contributed by atoms with van der Waals surface area (Å²) in [6.07, 6.45) is 0.815. The van der Waals surface area contributed by atoms with Crippen molar-refractivity contribution in [2.75, 3.05) is 7.05 Å². The maximum Gasteiger partial charge on any atom is 0.242 e. The van der Waals surface area contributed by atoms with E-state index in [2.05, 4.69) is 4.99 Å². The Morgan fingerprint density at radius 1 is 1.41 bits per heavy atom. The van der Waals surface area contributed by atoms with E-state index >= 15 is 0 Å². The molecule has 0 spiro atoms.